The van der Waals surface area contributed by atoms with E-state index >= 15 is 0 Å². The van der Waals surface area contributed by atoms with Crippen LogP contribution in [0, 0.1) is 6.92 Å². The zero-order chi connectivity index (χ0) is 25.2. The zero-order valence-corrected chi connectivity index (χ0v) is 21.0. The number of carbonyl (C=O) groups excluding carboxylic acids is 1. The molecular weight excluding hydrogens is 458 g/mol. The molecule has 3 heterocycles. The van der Waals surface area contributed by atoms with E-state index in [1.807, 2.05) is 64.1 Å². The number of aliphatic imine (C=N–C) groups is 2. The second-order valence-corrected chi connectivity index (χ2v) is 8.08. The number of aromatic nitrogens is 4. The lowest BCUT2D eigenvalue weighted by molar-refractivity contribution is 0.0946. The summed E-state index contributed by atoms with van der Waals surface area (Å²) in [5.74, 6) is -0.0193. The van der Waals surface area contributed by atoms with Crippen LogP contribution >= 0.6 is 11.8 Å². The Morgan fingerprint density at radius 2 is 2.03 bits per heavy atom. The van der Waals surface area contributed by atoms with Gasteiger partial charge in [0, 0.05) is 25.6 Å². The molecule has 1 aliphatic rings. The van der Waals surface area contributed by atoms with Crippen LogP contribution in [0.3, 0.4) is 0 Å². The lowest BCUT2D eigenvalue weighted by Gasteiger charge is -2.07. The summed E-state index contributed by atoms with van der Waals surface area (Å²) in [6.45, 7) is 11.6. The molecule has 1 aliphatic heterocycles. The van der Waals surface area contributed by atoms with Crippen molar-refractivity contribution in [1.82, 2.24) is 25.3 Å². The summed E-state index contributed by atoms with van der Waals surface area (Å²) in [7, 11) is 0. The van der Waals surface area contributed by atoms with Gasteiger partial charge in [-0.1, -0.05) is 61.5 Å². The minimum absolute atomic E-state index is 0. The van der Waals surface area contributed by atoms with Crippen molar-refractivity contribution in [3.05, 3.63) is 89.4 Å². The van der Waals surface area contributed by atoms with E-state index in [9.17, 15) is 4.79 Å². The third-order valence-corrected chi connectivity index (χ3v) is 5.66. The molecule has 0 unspecified atom stereocenters. The number of fused-ring (bicyclic) bond motifs is 2. The van der Waals surface area contributed by atoms with E-state index in [0.29, 0.717) is 32.8 Å². The molecule has 0 spiro atoms. The number of amides is 1. The minimum Gasteiger partial charge on any atom is -0.344 e. The van der Waals surface area contributed by atoms with Crippen LogP contribution in [-0.2, 0) is 0 Å². The zero-order valence-electron chi connectivity index (χ0n) is 20.2. The second-order valence-electron chi connectivity index (χ2n) is 7.05. The van der Waals surface area contributed by atoms with E-state index in [2.05, 4.69) is 37.0 Å². The Hall–Kier alpha value is -3.98. The lowest BCUT2D eigenvalue weighted by Crippen LogP contribution is -2.27. The highest BCUT2D eigenvalue weighted by Gasteiger charge is 2.23. The van der Waals surface area contributed by atoms with Crippen LogP contribution in [0.5, 0.6) is 0 Å². The van der Waals surface area contributed by atoms with Gasteiger partial charge in [-0.05, 0) is 32.7 Å². The molecule has 3 aromatic rings. The molecule has 0 fully saturated rings. The van der Waals surface area contributed by atoms with Gasteiger partial charge in [0.15, 0.2) is 5.82 Å². The van der Waals surface area contributed by atoms with Crippen LogP contribution in [0.25, 0.3) is 0 Å². The van der Waals surface area contributed by atoms with Crippen LogP contribution in [0.1, 0.15) is 49.6 Å². The average Bonchev–Trinajstić information content (AvgIpc) is 3.06. The van der Waals surface area contributed by atoms with Gasteiger partial charge in [-0.25, -0.2) is 19.9 Å². The van der Waals surface area contributed by atoms with Gasteiger partial charge in [-0.15, -0.1) is 0 Å². The van der Waals surface area contributed by atoms with E-state index in [-0.39, 0.29) is 13.8 Å². The van der Waals surface area contributed by atoms with E-state index in [0.717, 1.165) is 11.1 Å². The summed E-state index contributed by atoms with van der Waals surface area (Å²) in [4.78, 5) is 39.8. The molecule has 9 heteroatoms. The number of allylic oxidation sites excluding steroid dienone is 3. The maximum atomic E-state index is 12.7. The van der Waals surface area contributed by atoms with E-state index in [1.165, 1.54) is 11.8 Å². The van der Waals surface area contributed by atoms with Gasteiger partial charge < -0.3 is 5.32 Å². The van der Waals surface area contributed by atoms with Crippen LogP contribution in [0.2, 0.25) is 0 Å². The van der Waals surface area contributed by atoms with Gasteiger partial charge in [0.05, 0.1) is 17.1 Å². The molecule has 180 valence electrons. The van der Waals surface area contributed by atoms with Crippen molar-refractivity contribution >= 4 is 35.9 Å². The second kappa shape index (κ2) is 12.5. The van der Waals surface area contributed by atoms with E-state index < -0.39 is 5.91 Å². The van der Waals surface area contributed by atoms with Gasteiger partial charge in [-0.2, -0.15) is 0 Å². The normalized spacial score (nSPS) is 12.5. The Labute approximate surface area is 211 Å². The summed E-state index contributed by atoms with van der Waals surface area (Å²) < 4.78 is 0. The fraction of sp³-hybridized carbons (Fsp3) is 0.192. The summed E-state index contributed by atoms with van der Waals surface area (Å²) >= 11 is 1.37. The summed E-state index contributed by atoms with van der Waals surface area (Å²) in [5, 5.41) is 3.47. The molecule has 0 radical (unpaired) electrons. The van der Waals surface area contributed by atoms with Crippen molar-refractivity contribution in [1.29, 1.82) is 0 Å². The molecule has 0 atom stereocenters. The third kappa shape index (κ3) is 6.33. The largest absolute Gasteiger partial charge is 0.344 e. The van der Waals surface area contributed by atoms with Crippen molar-refractivity contribution in [2.24, 2.45) is 9.98 Å². The van der Waals surface area contributed by atoms with E-state index in [4.69, 9.17) is 4.99 Å². The number of nitrogens with one attached hydrogen (secondary N) is 1. The van der Waals surface area contributed by atoms with Gasteiger partial charge in [0.2, 0.25) is 5.82 Å². The Kier molecular flexibility index (Phi) is 9.14. The minimum atomic E-state index is -0.428. The number of carbonyl (C=O) groups is 1. The predicted molar refractivity (Wildman–Crippen MR) is 143 cm³/mol. The standard InChI is InChI=1S/C24H21N7OS.C2H6.H2/c1-4-5-9-17(25-3)13-29-23(32)22-28-14-18-21(31-22)30-19(16-8-6-7-15(2)12-16)20-24(33-18)27-11-10-26-20;1-2;/h4-12,14H,3,13H2,1-2H3,(H,29,32);1-2H3;1H/b5-4-,17-9-;;. The quantitative estimate of drug-likeness (QED) is 0.289. The van der Waals surface area contributed by atoms with E-state index in [1.54, 1.807) is 24.7 Å². The fourth-order valence-corrected chi connectivity index (χ4v) is 3.92. The van der Waals surface area contributed by atoms with Crippen LogP contribution < -0.4 is 5.32 Å². The highest BCUT2D eigenvalue weighted by atomic mass is 32.2. The monoisotopic (exact) mass is 487 g/mol. The summed E-state index contributed by atoms with van der Waals surface area (Å²) in [6.07, 6.45) is 10.3. The predicted octanol–water partition coefficient (Wildman–Crippen LogP) is 5.37. The average molecular weight is 488 g/mol. The highest BCUT2D eigenvalue weighted by molar-refractivity contribution is 7.99. The van der Waals surface area contributed by atoms with Crippen molar-refractivity contribution in [2.75, 3.05) is 6.54 Å². The Balaban J connectivity index is 0.00000148. The number of hydrogen-bond acceptors (Lipinski definition) is 8. The van der Waals surface area contributed by atoms with Gasteiger partial charge in [-0.3, -0.25) is 14.8 Å². The molecule has 0 saturated carbocycles. The Morgan fingerprint density at radius 1 is 1.23 bits per heavy atom. The molecular formula is C26H29N7OS. The molecule has 1 N–H and O–H groups in total. The Bertz CT molecular complexity index is 1320. The molecule has 35 heavy (non-hydrogen) atoms. The smallest absolute Gasteiger partial charge is 0.289 e. The SMILES string of the molecule is C=N/C(=C\C=C/C)CNC(=O)c1ncc2c(n1)N=C(c1cccc(C)c1)c1nccnc1S2.CC.[HH]. The highest BCUT2D eigenvalue weighted by Crippen LogP contribution is 2.38. The summed E-state index contributed by atoms with van der Waals surface area (Å²) in [5.41, 5.74) is 3.92. The van der Waals surface area contributed by atoms with Crippen molar-refractivity contribution in [3.63, 3.8) is 0 Å². The third-order valence-electron chi connectivity index (χ3n) is 4.66. The molecule has 0 aliphatic carbocycles. The topological polar surface area (TPSA) is 105 Å². The molecule has 0 saturated heterocycles. The molecule has 1 aromatic carbocycles. The maximum absolute atomic E-state index is 12.7. The van der Waals surface area contributed by atoms with Crippen molar-refractivity contribution in [2.45, 2.75) is 37.6 Å². The molecule has 8 nitrogen and oxygen atoms in total. The molecule has 2 aromatic heterocycles. The van der Waals surface area contributed by atoms with Gasteiger partial charge >= 0.3 is 0 Å². The lowest BCUT2D eigenvalue weighted by atomic mass is 10.0. The first kappa shape index (κ1) is 25.6. The first-order valence-corrected chi connectivity index (χ1v) is 12.0. The van der Waals surface area contributed by atoms with Crippen molar-refractivity contribution < 1.29 is 6.22 Å². The van der Waals surface area contributed by atoms with Gasteiger partial charge in [0.1, 0.15) is 16.4 Å². The Morgan fingerprint density at radius 3 is 2.77 bits per heavy atom. The molecule has 1 amide bonds. The van der Waals surface area contributed by atoms with Crippen LogP contribution in [0.4, 0.5) is 5.82 Å². The molecule has 4 rings (SSSR count). The number of benzene rings is 1. The van der Waals surface area contributed by atoms with Crippen molar-refractivity contribution in [3.8, 4) is 0 Å². The van der Waals surface area contributed by atoms with Crippen LogP contribution in [-0.4, -0.2) is 44.8 Å². The molecule has 0 bridgehead atoms. The first-order valence-electron chi connectivity index (χ1n) is 11.2. The first-order chi connectivity index (χ1) is 17.1. The summed E-state index contributed by atoms with van der Waals surface area (Å²) in [6, 6.07) is 7.98. The number of aryl methyl sites for hydroxylation is 1. The number of nitrogens with zero attached hydrogens (tertiary/aromatic N) is 6. The maximum Gasteiger partial charge on any atom is 0.289 e. The number of hydrogen-bond donors (Lipinski definition) is 1. The number of rotatable bonds is 6. The van der Waals surface area contributed by atoms with Gasteiger partial charge in [0.25, 0.3) is 5.91 Å². The van der Waals surface area contributed by atoms with Crippen LogP contribution in [0.15, 0.2) is 86.7 Å². The fourth-order valence-electron chi connectivity index (χ4n) is 3.07.